The topological polar surface area (TPSA) is 79.4 Å². The van der Waals surface area contributed by atoms with Crippen LogP contribution in [0.1, 0.15) is 31.2 Å². The van der Waals surface area contributed by atoms with Gasteiger partial charge in [-0.05, 0) is 42.7 Å². The molecular weight excluding hydrogens is 449 g/mol. The van der Waals surface area contributed by atoms with Gasteiger partial charge in [0.05, 0.1) is 23.1 Å². The SMILES string of the molecule is CN(c1ccc(-c2csc(NC(=O)C3(c4cccc(F)c4)CCCC3)n2)cc1)S(C)(=O)=O. The minimum Gasteiger partial charge on any atom is -0.301 e. The number of amides is 1. The van der Waals surface area contributed by atoms with Crippen molar-refractivity contribution in [2.75, 3.05) is 22.9 Å². The zero-order valence-corrected chi connectivity index (χ0v) is 19.5. The van der Waals surface area contributed by atoms with Gasteiger partial charge < -0.3 is 5.32 Å². The van der Waals surface area contributed by atoms with Gasteiger partial charge >= 0.3 is 0 Å². The van der Waals surface area contributed by atoms with Gasteiger partial charge in [0.2, 0.25) is 15.9 Å². The first kappa shape index (κ1) is 22.4. The van der Waals surface area contributed by atoms with Gasteiger partial charge in [-0.25, -0.2) is 17.8 Å². The molecule has 0 aliphatic heterocycles. The molecule has 0 unspecified atom stereocenters. The Morgan fingerprint density at radius 1 is 1.16 bits per heavy atom. The van der Waals surface area contributed by atoms with Gasteiger partial charge in [-0.15, -0.1) is 11.3 Å². The molecule has 3 aromatic rings. The zero-order valence-electron chi connectivity index (χ0n) is 17.8. The summed E-state index contributed by atoms with van der Waals surface area (Å²) in [5.41, 5.74) is 2.01. The normalized spacial score (nSPS) is 15.5. The highest BCUT2D eigenvalue weighted by Gasteiger charge is 2.43. The molecule has 1 fully saturated rings. The molecule has 0 radical (unpaired) electrons. The van der Waals surface area contributed by atoms with Gasteiger partial charge in [0.15, 0.2) is 5.13 Å². The molecule has 1 aromatic heterocycles. The number of rotatable bonds is 6. The summed E-state index contributed by atoms with van der Waals surface area (Å²) in [6.45, 7) is 0. The number of nitrogens with zero attached hydrogens (tertiary/aromatic N) is 2. The molecule has 0 bridgehead atoms. The Bertz CT molecular complexity index is 1230. The van der Waals surface area contributed by atoms with Gasteiger partial charge in [-0.1, -0.05) is 37.1 Å². The first-order valence-electron chi connectivity index (χ1n) is 10.3. The Balaban J connectivity index is 1.53. The van der Waals surface area contributed by atoms with Crippen LogP contribution in [0.15, 0.2) is 53.9 Å². The third-order valence-electron chi connectivity index (χ3n) is 6.02. The quantitative estimate of drug-likeness (QED) is 0.558. The molecular formula is C23H24FN3O3S2. The molecule has 1 aliphatic carbocycles. The minimum absolute atomic E-state index is 0.161. The van der Waals surface area contributed by atoms with E-state index in [1.165, 1.54) is 34.8 Å². The Kier molecular flexibility index (Phi) is 6.05. The average Bonchev–Trinajstić information content (AvgIpc) is 3.43. The number of anilines is 2. The van der Waals surface area contributed by atoms with Crippen molar-refractivity contribution in [3.8, 4) is 11.3 Å². The summed E-state index contributed by atoms with van der Waals surface area (Å²) in [6.07, 6.45) is 4.34. The summed E-state index contributed by atoms with van der Waals surface area (Å²) in [5.74, 6) is -0.505. The van der Waals surface area contributed by atoms with Crippen molar-refractivity contribution in [3.63, 3.8) is 0 Å². The molecule has 32 heavy (non-hydrogen) atoms. The predicted octanol–water partition coefficient (Wildman–Crippen LogP) is 4.80. The molecule has 4 rings (SSSR count). The largest absolute Gasteiger partial charge is 0.301 e. The van der Waals surface area contributed by atoms with Gasteiger partial charge in [-0.2, -0.15) is 0 Å². The van der Waals surface area contributed by atoms with Crippen LogP contribution in [0, 0.1) is 5.82 Å². The second-order valence-corrected chi connectivity index (χ2v) is 10.9. The third kappa shape index (κ3) is 4.40. The number of nitrogens with one attached hydrogen (secondary N) is 1. The van der Waals surface area contributed by atoms with Crippen molar-refractivity contribution >= 4 is 38.1 Å². The summed E-state index contributed by atoms with van der Waals surface area (Å²) in [7, 11) is -1.84. The van der Waals surface area contributed by atoms with E-state index in [9.17, 15) is 17.6 Å². The van der Waals surface area contributed by atoms with E-state index in [2.05, 4.69) is 10.3 Å². The van der Waals surface area contributed by atoms with Crippen molar-refractivity contribution in [2.24, 2.45) is 0 Å². The van der Waals surface area contributed by atoms with Crippen LogP contribution in [0.5, 0.6) is 0 Å². The molecule has 0 saturated heterocycles. The number of aromatic nitrogens is 1. The van der Waals surface area contributed by atoms with Gasteiger partial charge in [0, 0.05) is 18.0 Å². The van der Waals surface area contributed by atoms with E-state index in [0.717, 1.165) is 24.7 Å². The number of hydrogen-bond acceptors (Lipinski definition) is 5. The Morgan fingerprint density at radius 2 is 1.84 bits per heavy atom. The highest BCUT2D eigenvalue weighted by molar-refractivity contribution is 7.92. The summed E-state index contributed by atoms with van der Waals surface area (Å²) < 4.78 is 38.4. The summed E-state index contributed by atoms with van der Waals surface area (Å²) in [4.78, 5) is 17.8. The zero-order chi connectivity index (χ0) is 22.9. The maximum Gasteiger partial charge on any atom is 0.236 e. The summed E-state index contributed by atoms with van der Waals surface area (Å²) in [6, 6.07) is 13.3. The number of carbonyl (C=O) groups excluding carboxylic acids is 1. The maximum absolute atomic E-state index is 13.8. The van der Waals surface area contributed by atoms with Gasteiger partial charge in [-0.3, -0.25) is 9.10 Å². The first-order valence-corrected chi connectivity index (χ1v) is 13.0. The molecule has 0 atom stereocenters. The molecule has 1 amide bonds. The molecule has 0 spiro atoms. The van der Waals surface area contributed by atoms with Gasteiger partial charge in [0.1, 0.15) is 5.82 Å². The van der Waals surface area contributed by atoms with E-state index in [-0.39, 0.29) is 11.7 Å². The minimum atomic E-state index is -3.33. The van der Waals surface area contributed by atoms with Crippen LogP contribution < -0.4 is 9.62 Å². The van der Waals surface area contributed by atoms with Gasteiger partial charge in [0.25, 0.3) is 0 Å². The highest BCUT2D eigenvalue weighted by Crippen LogP contribution is 2.42. The maximum atomic E-state index is 13.8. The van der Waals surface area contributed by atoms with E-state index < -0.39 is 15.4 Å². The smallest absolute Gasteiger partial charge is 0.236 e. The van der Waals surface area contributed by atoms with Crippen molar-refractivity contribution in [2.45, 2.75) is 31.1 Å². The molecule has 1 aliphatic rings. The third-order valence-corrected chi connectivity index (χ3v) is 7.98. The number of hydrogen-bond donors (Lipinski definition) is 1. The molecule has 1 N–H and O–H groups in total. The average molecular weight is 474 g/mol. The lowest BCUT2D eigenvalue weighted by Crippen LogP contribution is -2.38. The summed E-state index contributed by atoms with van der Waals surface area (Å²) >= 11 is 1.32. The molecule has 2 aromatic carbocycles. The Hall–Kier alpha value is -2.78. The number of sulfonamides is 1. The van der Waals surface area contributed by atoms with E-state index in [4.69, 9.17) is 0 Å². The number of benzene rings is 2. The van der Waals surface area contributed by atoms with Crippen LogP contribution in [-0.4, -0.2) is 32.6 Å². The summed E-state index contributed by atoms with van der Waals surface area (Å²) in [5, 5.41) is 5.26. The molecule has 1 saturated carbocycles. The standard InChI is InChI=1S/C23H24FN3O3S2/c1-27(32(2,29)30)19-10-8-16(9-11-19)20-15-31-22(25-20)26-21(28)23(12-3-4-13-23)17-6-5-7-18(24)14-17/h5-11,14-15H,3-4,12-13H2,1-2H3,(H,25,26,28). The Labute approximate surface area is 191 Å². The molecule has 1 heterocycles. The first-order chi connectivity index (χ1) is 15.2. The van der Waals surface area contributed by atoms with Crippen LogP contribution in [0.25, 0.3) is 11.3 Å². The number of thiazole rings is 1. The fraction of sp³-hybridized carbons (Fsp3) is 0.304. The van der Waals surface area contributed by atoms with Crippen molar-refractivity contribution in [3.05, 3.63) is 65.3 Å². The highest BCUT2D eigenvalue weighted by atomic mass is 32.2. The second-order valence-electron chi connectivity index (χ2n) is 8.07. The second kappa shape index (κ2) is 8.63. The van der Waals surface area contributed by atoms with Crippen LogP contribution >= 0.6 is 11.3 Å². The van der Waals surface area contributed by atoms with Crippen LogP contribution in [0.2, 0.25) is 0 Å². The number of carbonyl (C=O) groups is 1. The monoisotopic (exact) mass is 473 g/mol. The lowest BCUT2D eigenvalue weighted by Gasteiger charge is -2.27. The van der Waals surface area contributed by atoms with Crippen LogP contribution in [-0.2, 0) is 20.2 Å². The van der Waals surface area contributed by atoms with Crippen LogP contribution in [0.3, 0.4) is 0 Å². The van der Waals surface area contributed by atoms with E-state index >= 15 is 0 Å². The van der Waals surface area contributed by atoms with Crippen molar-refractivity contribution in [1.82, 2.24) is 4.98 Å². The van der Waals surface area contributed by atoms with Crippen LogP contribution in [0.4, 0.5) is 15.2 Å². The lowest BCUT2D eigenvalue weighted by molar-refractivity contribution is -0.121. The molecule has 9 heteroatoms. The lowest BCUT2D eigenvalue weighted by atomic mass is 9.78. The fourth-order valence-corrected chi connectivity index (χ4v) is 5.35. The van der Waals surface area contributed by atoms with E-state index in [1.807, 2.05) is 11.4 Å². The van der Waals surface area contributed by atoms with E-state index in [1.54, 1.807) is 30.3 Å². The van der Waals surface area contributed by atoms with Crippen molar-refractivity contribution in [1.29, 1.82) is 0 Å². The Morgan fingerprint density at radius 3 is 2.47 bits per heavy atom. The molecule has 168 valence electrons. The van der Waals surface area contributed by atoms with E-state index in [0.29, 0.717) is 34.9 Å². The molecule has 6 nitrogen and oxygen atoms in total. The number of halogens is 1. The predicted molar refractivity (Wildman–Crippen MR) is 126 cm³/mol. The fourth-order valence-electron chi connectivity index (χ4n) is 4.13. The van der Waals surface area contributed by atoms with Crippen molar-refractivity contribution < 1.29 is 17.6 Å².